The number of rotatable bonds is 2. The molecule has 1 heteroatoms. The topological polar surface area (TPSA) is 12.0 Å². The lowest BCUT2D eigenvalue weighted by Gasteiger charge is -2.19. The largest absolute Gasteiger partial charge is 0.310 e. The van der Waals surface area contributed by atoms with E-state index in [-0.39, 0.29) is 0 Å². The highest BCUT2D eigenvalue weighted by molar-refractivity contribution is 5.32. The Balaban J connectivity index is 1.88. The lowest BCUT2D eigenvalue weighted by atomic mass is 9.94. The molecule has 92 valence electrons. The summed E-state index contributed by atoms with van der Waals surface area (Å²) in [5.74, 6) is 0. The maximum Gasteiger partial charge on any atom is 0.0363 e. The molecule has 0 aromatic heterocycles. The molecule has 1 unspecified atom stereocenters. The van der Waals surface area contributed by atoms with Crippen molar-refractivity contribution in [2.45, 2.75) is 25.3 Å². The van der Waals surface area contributed by atoms with Gasteiger partial charge in [0.15, 0.2) is 0 Å². The van der Waals surface area contributed by atoms with E-state index in [0.29, 0.717) is 6.04 Å². The molecule has 3 rings (SSSR count). The third-order valence-electron chi connectivity index (χ3n) is 3.73. The molecule has 1 heterocycles. The van der Waals surface area contributed by atoms with Gasteiger partial charge in [-0.05, 0) is 42.5 Å². The van der Waals surface area contributed by atoms with Gasteiger partial charge in [-0.1, -0.05) is 54.6 Å². The second kappa shape index (κ2) is 5.36. The summed E-state index contributed by atoms with van der Waals surface area (Å²) in [4.78, 5) is 0. The minimum absolute atomic E-state index is 0.464. The zero-order chi connectivity index (χ0) is 12.2. The van der Waals surface area contributed by atoms with E-state index in [0.717, 1.165) is 13.0 Å². The van der Waals surface area contributed by atoms with E-state index in [4.69, 9.17) is 0 Å². The van der Waals surface area contributed by atoms with Crippen molar-refractivity contribution in [3.8, 4) is 0 Å². The van der Waals surface area contributed by atoms with Crippen molar-refractivity contribution >= 4 is 0 Å². The van der Waals surface area contributed by atoms with E-state index in [9.17, 15) is 0 Å². The summed E-state index contributed by atoms with van der Waals surface area (Å²) < 4.78 is 0. The lowest BCUT2D eigenvalue weighted by Crippen LogP contribution is -2.22. The number of fused-ring (bicyclic) bond motifs is 1. The fraction of sp³-hybridized carbons (Fsp3) is 0.294. The highest BCUT2D eigenvalue weighted by atomic mass is 14.9. The van der Waals surface area contributed by atoms with Crippen molar-refractivity contribution in [2.75, 3.05) is 6.54 Å². The maximum atomic E-state index is 3.69. The second-order valence-electron chi connectivity index (χ2n) is 5.00. The van der Waals surface area contributed by atoms with E-state index >= 15 is 0 Å². The van der Waals surface area contributed by atoms with Crippen LogP contribution < -0.4 is 5.32 Å². The molecule has 0 bridgehead atoms. The molecule has 2 aromatic rings. The standard InChI is InChI=1S/C17H19N/c1-2-7-14(8-3-1)13-17-16-11-5-4-9-15(16)10-6-12-18-17/h1-5,7-9,11,17-18H,6,10,12-13H2. The Morgan fingerprint density at radius 1 is 0.944 bits per heavy atom. The van der Waals surface area contributed by atoms with Crippen molar-refractivity contribution in [1.82, 2.24) is 5.32 Å². The zero-order valence-electron chi connectivity index (χ0n) is 10.6. The van der Waals surface area contributed by atoms with Crippen LogP contribution in [0.3, 0.4) is 0 Å². The molecule has 1 aliphatic rings. The van der Waals surface area contributed by atoms with Gasteiger partial charge in [0.1, 0.15) is 0 Å². The molecular weight excluding hydrogens is 218 g/mol. The molecule has 1 nitrogen and oxygen atoms in total. The first kappa shape index (κ1) is 11.5. The first-order chi connectivity index (χ1) is 8.93. The Hall–Kier alpha value is -1.60. The van der Waals surface area contributed by atoms with Gasteiger partial charge in [-0.25, -0.2) is 0 Å². The van der Waals surface area contributed by atoms with E-state index in [1.807, 2.05) is 0 Å². The summed E-state index contributed by atoms with van der Waals surface area (Å²) in [6, 6.07) is 20.1. The predicted octanol–water partition coefficient (Wildman–Crippen LogP) is 3.51. The molecule has 0 spiro atoms. The normalized spacial score (nSPS) is 19.0. The molecule has 0 radical (unpaired) electrons. The van der Waals surface area contributed by atoms with Gasteiger partial charge in [0.2, 0.25) is 0 Å². The fourth-order valence-electron chi connectivity index (χ4n) is 2.80. The van der Waals surface area contributed by atoms with Crippen LogP contribution in [0.1, 0.15) is 29.2 Å². The first-order valence-electron chi connectivity index (χ1n) is 6.78. The van der Waals surface area contributed by atoms with Crippen LogP contribution >= 0.6 is 0 Å². The molecule has 0 aliphatic carbocycles. The quantitative estimate of drug-likeness (QED) is 0.843. The average molecular weight is 237 g/mol. The van der Waals surface area contributed by atoms with E-state index in [2.05, 4.69) is 59.9 Å². The summed E-state index contributed by atoms with van der Waals surface area (Å²) in [6.07, 6.45) is 3.52. The van der Waals surface area contributed by atoms with Crippen LogP contribution in [0.5, 0.6) is 0 Å². The number of benzene rings is 2. The van der Waals surface area contributed by atoms with Gasteiger partial charge in [0.05, 0.1) is 0 Å². The van der Waals surface area contributed by atoms with Crippen LogP contribution in [0.15, 0.2) is 54.6 Å². The first-order valence-corrected chi connectivity index (χ1v) is 6.78. The Morgan fingerprint density at radius 2 is 1.72 bits per heavy atom. The summed E-state index contributed by atoms with van der Waals surface area (Å²) in [5, 5.41) is 3.69. The molecule has 0 fully saturated rings. The van der Waals surface area contributed by atoms with Crippen LogP contribution in [0.4, 0.5) is 0 Å². The number of hydrogen-bond donors (Lipinski definition) is 1. The van der Waals surface area contributed by atoms with Gasteiger partial charge in [0.25, 0.3) is 0 Å². The minimum Gasteiger partial charge on any atom is -0.310 e. The van der Waals surface area contributed by atoms with Gasteiger partial charge in [0, 0.05) is 6.04 Å². The summed E-state index contributed by atoms with van der Waals surface area (Å²) >= 11 is 0. The van der Waals surface area contributed by atoms with Crippen molar-refractivity contribution in [3.63, 3.8) is 0 Å². The SMILES string of the molecule is c1ccc(CC2NCCCc3ccccc32)cc1. The summed E-state index contributed by atoms with van der Waals surface area (Å²) in [5.41, 5.74) is 4.41. The lowest BCUT2D eigenvalue weighted by molar-refractivity contribution is 0.540. The average Bonchev–Trinajstić information content (AvgIpc) is 2.63. The zero-order valence-corrected chi connectivity index (χ0v) is 10.6. The van der Waals surface area contributed by atoms with Crippen molar-refractivity contribution in [1.29, 1.82) is 0 Å². The Bertz CT molecular complexity index is 504. The third kappa shape index (κ3) is 2.46. The fourth-order valence-corrected chi connectivity index (χ4v) is 2.80. The smallest absolute Gasteiger partial charge is 0.0363 e. The van der Waals surface area contributed by atoms with Gasteiger partial charge in [-0.15, -0.1) is 0 Å². The van der Waals surface area contributed by atoms with Gasteiger partial charge in [-0.3, -0.25) is 0 Å². The third-order valence-corrected chi connectivity index (χ3v) is 3.73. The van der Waals surface area contributed by atoms with Gasteiger partial charge < -0.3 is 5.32 Å². The van der Waals surface area contributed by atoms with Crippen molar-refractivity contribution in [2.24, 2.45) is 0 Å². The maximum absolute atomic E-state index is 3.69. The number of nitrogens with one attached hydrogen (secondary N) is 1. The Morgan fingerprint density at radius 3 is 2.61 bits per heavy atom. The van der Waals surface area contributed by atoms with E-state index < -0.39 is 0 Å². The van der Waals surface area contributed by atoms with Gasteiger partial charge >= 0.3 is 0 Å². The molecular formula is C17H19N. The molecule has 18 heavy (non-hydrogen) atoms. The van der Waals surface area contributed by atoms with E-state index in [1.165, 1.54) is 29.5 Å². The van der Waals surface area contributed by atoms with Crippen LogP contribution in [0.2, 0.25) is 0 Å². The molecule has 0 saturated heterocycles. The molecule has 0 amide bonds. The van der Waals surface area contributed by atoms with Crippen LogP contribution in [0.25, 0.3) is 0 Å². The highest BCUT2D eigenvalue weighted by Crippen LogP contribution is 2.25. The van der Waals surface area contributed by atoms with Crippen molar-refractivity contribution in [3.05, 3.63) is 71.3 Å². The predicted molar refractivity (Wildman–Crippen MR) is 75.7 cm³/mol. The number of hydrogen-bond acceptors (Lipinski definition) is 1. The Kier molecular flexibility index (Phi) is 3.42. The molecule has 2 aromatic carbocycles. The summed E-state index contributed by atoms with van der Waals surface area (Å²) in [6.45, 7) is 1.12. The number of aryl methyl sites for hydroxylation is 1. The highest BCUT2D eigenvalue weighted by Gasteiger charge is 2.17. The summed E-state index contributed by atoms with van der Waals surface area (Å²) in [7, 11) is 0. The molecule has 1 atom stereocenters. The van der Waals surface area contributed by atoms with Gasteiger partial charge in [-0.2, -0.15) is 0 Å². The monoisotopic (exact) mass is 237 g/mol. The molecule has 1 aliphatic heterocycles. The van der Waals surface area contributed by atoms with E-state index in [1.54, 1.807) is 0 Å². The van der Waals surface area contributed by atoms with Crippen LogP contribution in [-0.2, 0) is 12.8 Å². The molecule has 0 saturated carbocycles. The van der Waals surface area contributed by atoms with Crippen molar-refractivity contribution < 1.29 is 0 Å². The second-order valence-corrected chi connectivity index (χ2v) is 5.00. The van der Waals surface area contributed by atoms with Crippen LogP contribution in [-0.4, -0.2) is 6.54 Å². The van der Waals surface area contributed by atoms with Crippen LogP contribution in [0, 0.1) is 0 Å². The minimum atomic E-state index is 0.464. The Labute approximate surface area is 109 Å². The molecule has 1 N–H and O–H groups in total.